The van der Waals surface area contributed by atoms with Gasteiger partial charge in [0.05, 0.1) is 21.7 Å². The molecule has 0 bridgehead atoms. The van der Waals surface area contributed by atoms with Gasteiger partial charge in [-0.15, -0.1) is 0 Å². The molecule has 1 rings (SSSR count). The zero-order chi connectivity index (χ0) is 14.4. The summed E-state index contributed by atoms with van der Waals surface area (Å²) in [7, 11) is 0. The van der Waals surface area contributed by atoms with Gasteiger partial charge in [-0.1, -0.05) is 40.9 Å². The van der Waals surface area contributed by atoms with Crippen molar-refractivity contribution in [1.82, 2.24) is 5.32 Å². The van der Waals surface area contributed by atoms with E-state index in [4.69, 9.17) is 45.3 Å². The first-order valence-electron chi connectivity index (χ1n) is 5.66. The van der Waals surface area contributed by atoms with E-state index in [1.54, 1.807) is 6.07 Å². The summed E-state index contributed by atoms with van der Waals surface area (Å²) in [5.41, 5.74) is 5.80. The normalized spacial score (nSPS) is 12.4. The number of nitrogens with two attached hydrogens (primary N) is 1. The molecule has 1 amide bonds. The molecule has 1 aromatic carbocycles. The number of halogens is 3. The summed E-state index contributed by atoms with van der Waals surface area (Å²) < 4.78 is 5.04. The van der Waals surface area contributed by atoms with Gasteiger partial charge >= 0.3 is 0 Å². The number of primary amides is 1. The Morgan fingerprint density at radius 2 is 2.05 bits per heavy atom. The Balaban J connectivity index is 2.48. The Bertz CT molecular complexity index is 455. The van der Waals surface area contributed by atoms with Crippen molar-refractivity contribution < 1.29 is 9.53 Å². The molecule has 0 aliphatic carbocycles. The van der Waals surface area contributed by atoms with Gasteiger partial charge in [-0.25, -0.2) is 0 Å². The summed E-state index contributed by atoms with van der Waals surface area (Å²) in [6.45, 7) is 2.81. The molecule has 0 radical (unpaired) electrons. The molecule has 0 aromatic heterocycles. The van der Waals surface area contributed by atoms with Crippen LogP contribution in [0.3, 0.4) is 0 Å². The highest BCUT2D eigenvalue weighted by atomic mass is 35.5. The lowest BCUT2D eigenvalue weighted by Crippen LogP contribution is -2.26. The van der Waals surface area contributed by atoms with Crippen LogP contribution < -0.4 is 11.1 Å². The maximum absolute atomic E-state index is 10.5. The van der Waals surface area contributed by atoms with Gasteiger partial charge in [0.1, 0.15) is 6.61 Å². The van der Waals surface area contributed by atoms with Crippen LogP contribution in [0.1, 0.15) is 18.5 Å². The molecular weight excluding hydrogens is 311 g/mol. The Morgan fingerprint density at radius 3 is 2.68 bits per heavy atom. The highest BCUT2D eigenvalue weighted by Crippen LogP contribution is 2.35. The largest absolute Gasteiger partial charge is 0.370 e. The van der Waals surface area contributed by atoms with E-state index < -0.39 is 5.91 Å². The first-order valence-corrected chi connectivity index (χ1v) is 6.79. The zero-order valence-electron chi connectivity index (χ0n) is 10.4. The third-order valence-electron chi connectivity index (χ3n) is 2.47. The standard InChI is InChI=1S/C12H15Cl3N2O2/c1-7(17-4-5-19-6-10(16)18)8-2-3-9(13)12(15)11(8)14/h2-3,7,17H,4-6H2,1H3,(H2,16,18). The highest BCUT2D eigenvalue weighted by Gasteiger charge is 2.13. The van der Waals surface area contributed by atoms with E-state index in [1.165, 1.54) is 0 Å². The number of ether oxygens (including phenoxy) is 1. The minimum atomic E-state index is -0.486. The summed E-state index contributed by atoms with van der Waals surface area (Å²) in [6, 6.07) is 3.50. The van der Waals surface area contributed by atoms with E-state index in [2.05, 4.69) is 5.32 Å². The fraction of sp³-hybridized carbons (Fsp3) is 0.417. The predicted octanol–water partition coefficient (Wildman–Crippen LogP) is 2.80. The third kappa shape index (κ3) is 5.16. The van der Waals surface area contributed by atoms with Gasteiger partial charge in [0.2, 0.25) is 5.91 Å². The zero-order valence-corrected chi connectivity index (χ0v) is 12.6. The molecule has 0 aliphatic heterocycles. The monoisotopic (exact) mass is 324 g/mol. The molecule has 1 aromatic rings. The summed E-state index contributed by atoms with van der Waals surface area (Å²) in [5, 5.41) is 4.40. The molecule has 0 saturated heterocycles. The predicted molar refractivity (Wildman–Crippen MR) is 77.9 cm³/mol. The molecule has 19 heavy (non-hydrogen) atoms. The van der Waals surface area contributed by atoms with E-state index >= 15 is 0 Å². The molecule has 7 heteroatoms. The number of nitrogens with one attached hydrogen (secondary N) is 1. The molecule has 4 nitrogen and oxygen atoms in total. The van der Waals surface area contributed by atoms with Gasteiger partial charge in [0, 0.05) is 12.6 Å². The highest BCUT2D eigenvalue weighted by molar-refractivity contribution is 6.48. The fourth-order valence-electron chi connectivity index (χ4n) is 1.51. The van der Waals surface area contributed by atoms with Crippen molar-refractivity contribution >= 4 is 40.7 Å². The molecule has 1 unspecified atom stereocenters. The van der Waals surface area contributed by atoms with Gasteiger partial charge < -0.3 is 15.8 Å². The van der Waals surface area contributed by atoms with Crippen LogP contribution in [-0.2, 0) is 9.53 Å². The molecule has 0 saturated carbocycles. The SMILES string of the molecule is CC(NCCOCC(N)=O)c1ccc(Cl)c(Cl)c1Cl. The van der Waals surface area contributed by atoms with Crippen LogP contribution in [-0.4, -0.2) is 25.7 Å². The molecule has 106 valence electrons. The van der Waals surface area contributed by atoms with Crippen molar-refractivity contribution in [3.05, 3.63) is 32.8 Å². The molecule has 0 spiro atoms. The fourth-order valence-corrected chi connectivity index (χ4v) is 2.21. The molecule has 3 N–H and O–H groups in total. The van der Waals surface area contributed by atoms with Gasteiger partial charge in [-0.3, -0.25) is 4.79 Å². The minimum absolute atomic E-state index is 0.0144. The second kappa shape index (κ2) is 7.92. The van der Waals surface area contributed by atoms with Crippen LogP contribution in [0.2, 0.25) is 15.1 Å². The summed E-state index contributed by atoms with van der Waals surface area (Å²) >= 11 is 18.0. The lowest BCUT2D eigenvalue weighted by atomic mass is 10.1. The lowest BCUT2D eigenvalue weighted by Gasteiger charge is -2.16. The first kappa shape index (κ1) is 16.5. The number of hydrogen-bond acceptors (Lipinski definition) is 3. The van der Waals surface area contributed by atoms with E-state index in [0.29, 0.717) is 28.2 Å². The maximum atomic E-state index is 10.5. The van der Waals surface area contributed by atoms with Crippen LogP contribution >= 0.6 is 34.8 Å². The topological polar surface area (TPSA) is 64.3 Å². The Labute approximate surface area is 127 Å². The molecule has 0 heterocycles. The van der Waals surface area contributed by atoms with E-state index in [1.807, 2.05) is 13.0 Å². The van der Waals surface area contributed by atoms with E-state index in [-0.39, 0.29) is 12.6 Å². The summed E-state index contributed by atoms with van der Waals surface area (Å²) in [6.07, 6.45) is 0. The lowest BCUT2D eigenvalue weighted by molar-refractivity contribution is -0.122. The van der Waals surface area contributed by atoms with Crippen LogP contribution in [0.25, 0.3) is 0 Å². The van der Waals surface area contributed by atoms with Crippen LogP contribution in [0.5, 0.6) is 0 Å². The van der Waals surface area contributed by atoms with Gasteiger partial charge in [0.25, 0.3) is 0 Å². The molecular formula is C12H15Cl3N2O2. The Morgan fingerprint density at radius 1 is 1.37 bits per heavy atom. The average Bonchev–Trinajstić information content (AvgIpc) is 2.35. The molecule has 1 atom stereocenters. The van der Waals surface area contributed by atoms with Crippen LogP contribution in [0.4, 0.5) is 0 Å². The first-order chi connectivity index (χ1) is 8.93. The van der Waals surface area contributed by atoms with Gasteiger partial charge in [-0.2, -0.15) is 0 Å². The van der Waals surface area contributed by atoms with Gasteiger partial charge in [0.15, 0.2) is 0 Å². The smallest absolute Gasteiger partial charge is 0.243 e. The summed E-state index contributed by atoms with van der Waals surface area (Å²) in [5.74, 6) is -0.486. The molecule has 0 aliphatic rings. The second-order valence-electron chi connectivity index (χ2n) is 3.96. The number of rotatable bonds is 7. The molecule has 0 fully saturated rings. The second-order valence-corrected chi connectivity index (χ2v) is 5.12. The number of hydrogen-bond donors (Lipinski definition) is 2. The average molecular weight is 326 g/mol. The minimum Gasteiger partial charge on any atom is -0.370 e. The van der Waals surface area contributed by atoms with Crippen molar-refractivity contribution in [3.63, 3.8) is 0 Å². The van der Waals surface area contributed by atoms with Crippen molar-refractivity contribution in [2.75, 3.05) is 19.8 Å². The van der Waals surface area contributed by atoms with Crippen molar-refractivity contribution in [1.29, 1.82) is 0 Å². The number of benzene rings is 1. The van der Waals surface area contributed by atoms with E-state index in [0.717, 1.165) is 5.56 Å². The van der Waals surface area contributed by atoms with Crippen LogP contribution in [0, 0.1) is 0 Å². The summed E-state index contributed by atoms with van der Waals surface area (Å²) in [4.78, 5) is 10.5. The van der Waals surface area contributed by atoms with E-state index in [9.17, 15) is 4.79 Å². The van der Waals surface area contributed by atoms with Crippen molar-refractivity contribution in [2.24, 2.45) is 5.73 Å². The van der Waals surface area contributed by atoms with Crippen molar-refractivity contribution in [3.8, 4) is 0 Å². The Hall–Kier alpha value is -0.520. The van der Waals surface area contributed by atoms with Gasteiger partial charge in [-0.05, 0) is 18.6 Å². The number of carbonyl (C=O) groups excluding carboxylic acids is 1. The van der Waals surface area contributed by atoms with Crippen molar-refractivity contribution in [2.45, 2.75) is 13.0 Å². The number of carbonyl (C=O) groups is 1. The number of amides is 1. The van der Waals surface area contributed by atoms with Crippen LogP contribution in [0.15, 0.2) is 12.1 Å². The maximum Gasteiger partial charge on any atom is 0.243 e. The Kier molecular flexibility index (Phi) is 6.89. The third-order valence-corrected chi connectivity index (χ3v) is 3.78. The quantitative estimate of drug-likeness (QED) is 0.598.